The Balaban J connectivity index is 2.05. The van der Waals surface area contributed by atoms with Gasteiger partial charge < -0.3 is 14.7 Å². The van der Waals surface area contributed by atoms with Gasteiger partial charge in [-0.15, -0.1) is 0 Å². The Morgan fingerprint density at radius 2 is 2.04 bits per heavy atom. The van der Waals surface area contributed by atoms with Crippen molar-refractivity contribution in [3.05, 3.63) is 79.5 Å². The maximum absolute atomic E-state index is 12.5. The van der Waals surface area contributed by atoms with Gasteiger partial charge in [0.15, 0.2) is 0 Å². The molecule has 2 N–H and O–H groups in total. The minimum Gasteiger partial charge on any atom is -0.386 e. The molecule has 0 aliphatic heterocycles. The number of rotatable bonds is 3. The van der Waals surface area contributed by atoms with Crippen molar-refractivity contribution in [1.82, 2.24) is 9.55 Å². The molecule has 0 spiro atoms. The first kappa shape index (κ1) is 16.0. The lowest BCUT2D eigenvalue weighted by molar-refractivity contribution is 0.155. The topological polar surface area (TPSA) is 98.9 Å². The minimum atomic E-state index is -0.966. The normalized spacial score (nSPS) is 12.0. The second kappa shape index (κ2) is 6.32. The summed E-state index contributed by atoms with van der Waals surface area (Å²) in [6.07, 6.45) is 0.513. The summed E-state index contributed by atoms with van der Waals surface area (Å²) >= 11 is 6.05. The number of nitrogens with zero attached hydrogens (tertiary/aromatic N) is 2. The lowest BCUT2D eigenvalue weighted by Gasteiger charge is -2.14. The van der Waals surface area contributed by atoms with Gasteiger partial charge in [0, 0.05) is 16.8 Å². The van der Waals surface area contributed by atoms with Crippen molar-refractivity contribution >= 4 is 22.5 Å². The van der Waals surface area contributed by atoms with Crippen LogP contribution >= 0.6 is 11.6 Å². The summed E-state index contributed by atoms with van der Waals surface area (Å²) in [5.74, 6) is 0. The third kappa shape index (κ3) is 2.83. The molecular weight excluding hydrogens is 330 g/mol. The van der Waals surface area contributed by atoms with Gasteiger partial charge in [0.25, 0.3) is 11.1 Å². The number of hydrogen-bond acceptors (Lipinski definition) is 4. The maximum Gasteiger partial charge on any atom is 0.266 e. The van der Waals surface area contributed by atoms with Crippen molar-refractivity contribution in [2.45, 2.75) is 12.6 Å². The predicted molar refractivity (Wildman–Crippen MR) is 90.0 cm³/mol. The van der Waals surface area contributed by atoms with E-state index in [1.165, 1.54) is 16.8 Å². The second-order valence-corrected chi connectivity index (χ2v) is 5.67. The van der Waals surface area contributed by atoms with Gasteiger partial charge in [-0.25, -0.2) is 0 Å². The molecule has 0 amide bonds. The third-order valence-electron chi connectivity index (χ3n) is 3.74. The Labute approximate surface area is 141 Å². The number of aliphatic hydroxyl groups is 1. The Morgan fingerprint density at radius 3 is 2.75 bits per heavy atom. The number of nitriles is 1. The van der Waals surface area contributed by atoms with E-state index >= 15 is 0 Å². The number of aromatic amines is 1. The molecule has 0 saturated carbocycles. The number of halogens is 1. The van der Waals surface area contributed by atoms with E-state index < -0.39 is 17.2 Å². The largest absolute Gasteiger partial charge is 0.386 e. The molecular formula is C17H12ClN3O3. The number of aliphatic hydroxyl groups excluding tert-OH is 1. The van der Waals surface area contributed by atoms with E-state index in [9.17, 15) is 14.7 Å². The highest BCUT2D eigenvalue weighted by Crippen LogP contribution is 2.23. The van der Waals surface area contributed by atoms with E-state index in [0.717, 1.165) is 0 Å². The van der Waals surface area contributed by atoms with Crippen LogP contribution in [0, 0.1) is 11.3 Å². The van der Waals surface area contributed by atoms with Gasteiger partial charge in [-0.1, -0.05) is 29.8 Å². The van der Waals surface area contributed by atoms with Crippen LogP contribution < -0.4 is 11.1 Å². The number of fused-ring (bicyclic) bond motifs is 1. The first-order chi connectivity index (χ1) is 11.5. The van der Waals surface area contributed by atoms with Crippen molar-refractivity contribution in [2.24, 2.45) is 0 Å². The maximum atomic E-state index is 12.5. The zero-order chi connectivity index (χ0) is 17.3. The van der Waals surface area contributed by atoms with Crippen molar-refractivity contribution in [2.75, 3.05) is 0 Å². The summed E-state index contributed by atoms with van der Waals surface area (Å²) in [4.78, 5) is 26.7. The van der Waals surface area contributed by atoms with E-state index in [1.807, 2.05) is 0 Å². The number of benzene rings is 1. The van der Waals surface area contributed by atoms with Gasteiger partial charge in [-0.05, 0) is 18.2 Å². The summed E-state index contributed by atoms with van der Waals surface area (Å²) in [6, 6.07) is 11.4. The first-order valence-corrected chi connectivity index (χ1v) is 7.48. The Bertz CT molecular complexity index is 1080. The molecule has 0 aliphatic rings. The van der Waals surface area contributed by atoms with Crippen LogP contribution in [0.1, 0.15) is 17.2 Å². The molecule has 3 aromatic rings. The molecule has 3 rings (SSSR count). The smallest absolute Gasteiger partial charge is 0.266 e. The highest BCUT2D eigenvalue weighted by molar-refractivity contribution is 6.31. The van der Waals surface area contributed by atoms with Gasteiger partial charge in [-0.2, -0.15) is 5.26 Å². The fourth-order valence-electron chi connectivity index (χ4n) is 2.50. The van der Waals surface area contributed by atoms with Gasteiger partial charge in [-0.3, -0.25) is 9.59 Å². The van der Waals surface area contributed by atoms with Crippen molar-refractivity contribution < 1.29 is 5.11 Å². The van der Waals surface area contributed by atoms with Crippen LogP contribution in [0.15, 0.2) is 52.2 Å². The van der Waals surface area contributed by atoms with Gasteiger partial charge >= 0.3 is 0 Å². The lowest BCUT2D eigenvalue weighted by Crippen LogP contribution is -2.24. The fraction of sp³-hybridized carbons (Fsp3) is 0.118. The fourth-order valence-corrected chi connectivity index (χ4v) is 2.76. The van der Waals surface area contributed by atoms with Crippen molar-refractivity contribution in [3.8, 4) is 6.07 Å². The average molecular weight is 342 g/mol. The van der Waals surface area contributed by atoms with E-state index in [2.05, 4.69) is 4.98 Å². The van der Waals surface area contributed by atoms with Crippen LogP contribution in [0.4, 0.5) is 0 Å². The Morgan fingerprint density at radius 1 is 1.29 bits per heavy atom. The van der Waals surface area contributed by atoms with Crippen LogP contribution in [0.2, 0.25) is 5.02 Å². The molecule has 7 heteroatoms. The molecule has 2 heterocycles. The summed E-state index contributed by atoms with van der Waals surface area (Å²) in [6.45, 7) is -0.000476. The number of nitrogens with one attached hydrogen (secondary N) is 1. The molecule has 24 heavy (non-hydrogen) atoms. The molecule has 0 bridgehead atoms. The summed E-state index contributed by atoms with van der Waals surface area (Å²) in [5.41, 5.74) is -0.230. The lowest BCUT2D eigenvalue weighted by atomic mass is 10.1. The molecule has 1 aromatic carbocycles. The van der Waals surface area contributed by atoms with Crippen LogP contribution in [0.5, 0.6) is 0 Å². The molecule has 0 fully saturated rings. The van der Waals surface area contributed by atoms with Crippen LogP contribution in [-0.4, -0.2) is 14.7 Å². The molecule has 0 aliphatic carbocycles. The highest BCUT2D eigenvalue weighted by atomic mass is 35.5. The number of pyridine rings is 2. The zero-order valence-electron chi connectivity index (χ0n) is 12.4. The highest BCUT2D eigenvalue weighted by Gasteiger charge is 2.14. The van der Waals surface area contributed by atoms with Crippen LogP contribution in [-0.2, 0) is 6.54 Å². The van der Waals surface area contributed by atoms with E-state index in [4.69, 9.17) is 16.9 Å². The monoisotopic (exact) mass is 341 g/mol. The van der Waals surface area contributed by atoms with Crippen LogP contribution in [0.3, 0.4) is 0 Å². The van der Waals surface area contributed by atoms with Gasteiger partial charge in [0.2, 0.25) is 0 Å². The second-order valence-electron chi connectivity index (χ2n) is 5.26. The third-order valence-corrected chi connectivity index (χ3v) is 4.08. The summed E-state index contributed by atoms with van der Waals surface area (Å²) < 4.78 is 1.32. The summed E-state index contributed by atoms with van der Waals surface area (Å²) in [5, 5.41) is 19.9. The standard InChI is InChI=1S/C17H12ClN3O3/c18-13-4-2-1-3-11(13)15(22)9-21-6-5-14-12(17(21)24)7-10(8-19)16(23)20-14/h1-7,15,22H,9H2,(H,20,23)/t15-/m0/s1. The predicted octanol–water partition coefficient (Wildman–Crippen LogP) is 1.95. The molecule has 1 atom stereocenters. The van der Waals surface area contributed by atoms with Gasteiger partial charge in [0.1, 0.15) is 11.6 Å². The SMILES string of the molecule is N#Cc1cc2c(=O)n(C[C@H](O)c3ccccc3Cl)ccc2[nH]c1=O. The summed E-state index contributed by atoms with van der Waals surface area (Å²) in [7, 11) is 0. The molecule has 0 saturated heterocycles. The van der Waals surface area contributed by atoms with Gasteiger partial charge in [0.05, 0.1) is 23.6 Å². The zero-order valence-corrected chi connectivity index (χ0v) is 13.1. The quantitative estimate of drug-likeness (QED) is 0.760. The number of H-pyrrole nitrogens is 1. The Kier molecular flexibility index (Phi) is 4.21. The number of hydrogen-bond donors (Lipinski definition) is 2. The molecule has 120 valence electrons. The number of aromatic nitrogens is 2. The average Bonchev–Trinajstić information content (AvgIpc) is 2.57. The molecule has 2 aromatic heterocycles. The Hall–Kier alpha value is -2.88. The van der Waals surface area contributed by atoms with Crippen LogP contribution in [0.25, 0.3) is 10.9 Å². The first-order valence-electron chi connectivity index (χ1n) is 7.10. The minimum absolute atomic E-state index is 0.000476. The van der Waals surface area contributed by atoms with E-state index in [0.29, 0.717) is 16.1 Å². The molecule has 6 nitrogen and oxygen atoms in total. The van der Waals surface area contributed by atoms with Crippen molar-refractivity contribution in [1.29, 1.82) is 5.26 Å². The van der Waals surface area contributed by atoms with Crippen molar-refractivity contribution in [3.63, 3.8) is 0 Å². The van der Waals surface area contributed by atoms with E-state index in [1.54, 1.807) is 36.4 Å². The molecule has 0 radical (unpaired) electrons. The molecule has 0 unspecified atom stereocenters. The van der Waals surface area contributed by atoms with E-state index in [-0.39, 0.29) is 17.5 Å².